The zero-order valence-corrected chi connectivity index (χ0v) is 7.58. The molecular weight excluding hydrogens is 152 g/mol. The molecule has 0 unspecified atom stereocenters. The van der Waals surface area contributed by atoms with Gasteiger partial charge in [-0.05, 0) is 41.8 Å². The van der Waals surface area contributed by atoms with E-state index in [4.69, 9.17) is 0 Å². The van der Waals surface area contributed by atoms with Gasteiger partial charge in [0.1, 0.15) is 0 Å². The van der Waals surface area contributed by atoms with E-state index >= 15 is 0 Å². The number of thiophene rings is 1. The van der Waals surface area contributed by atoms with Crippen molar-refractivity contribution in [2.24, 2.45) is 0 Å². The van der Waals surface area contributed by atoms with E-state index in [1.165, 1.54) is 24.8 Å². The maximum absolute atomic E-state index is 2.38. The summed E-state index contributed by atoms with van der Waals surface area (Å²) in [4.78, 5) is 1.59. The molecule has 1 aliphatic rings. The Morgan fingerprint density at radius 1 is 1.55 bits per heavy atom. The Balaban J connectivity index is 2.45. The SMILES string of the molecule is CCC1=CCCc2sccc21. The number of hydrogen-bond acceptors (Lipinski definition) is 1. The average Bonchev–Trinajstić information content (AvgIpc) is 2.50. The summed E-state index contributed by atoms with van der Waals surface area (Å²) in [6, 6.07) is 2.26. The lowest BCUT2D eigenvalue weighted by Gasteiger charge is -2.11. The monoisotopic (exact) mass is 164 g/mol. The Hall–Kier alpha value is -0.560. The Morgan fingerprint density at radius 3 is 3.27 bits per heavy atom. The number of hydrogen-bond donors (Lipinski definition) is 0. The Labute approximate surface area is 71.6 Å². The fraction of sp³-hybridized carbons (Fsp3) is 0.400. The van der Waals surface area contributed by atoms with Gasteiger partial charge >= 0.3 is 0 Å². The molecule has 2 rings (SSSR count). The van der Waals surface area contributed by atoms with Gasteiger partial charge in [-0.15, -0.1) is 11.3 Å². The maximum Gasteiger partial charge on any atom is 0.0123 e. The number of allylic oxidation sites excluding steroid dienone is 2. The first kappa shape index (κ1) is 7.11. The van der Waals surface area contributed by atoms with E-state index in [1.54, 1.807) is 10.5 Å². The van der Waals surface area contributed by atoms with E-state index in [9.17, 15) is 0 Å². The molecule has 1 aromatic heterocycles. The maximum atomic E-state index is 2.38. The van der Waals surface area contributed by atoms with E-state index in [2.05, 4.69) is 24.4 Å². The molecule has 58 valence electrons. The molecule has 0 nitrogen and oxygen atoms in total. The largest absolute Gasteiger partial charge is 0.148 e. The molecular formula is C10H12S. The lowest BCUT2D eigenvalue weighted by molar-refractivity contribution is 0.989. The summed E-state index contributed by atoms with van der Waals surface area (Å²) in [5.41, 5.74) is 3.07. The van der Waals surface area contributed by atoms with Gasteiger partial charge in [0.15, 0.2) is 0 Å². The van der Waals surface area contributed by atoms with Crippen molar-refractivity contribution < 1.29 is 0 Å². The van der Waals surface area contributed by atoms with Gasteiger partial charge in [-0.3, -0.25) is 0 Å². The van der Waals surface area contributed by atoms with Crippen molar-refractivity contribution in [3.05, 3.63) is 28.0 Å². The molecule has 0 bridgehead atoms. The van der Waals surface area contributed by atoms with Crippen LogP contribution in [0.5, 0.6) is 0 Å². The van der Waals surface area contributed by atoms with Gasteiger partial charge in [0.25, 0.3) is 0 Å². The molecule has 0 saturated carbocycles. The van der Waals surface area contributed by atoms with Crippen LogP contribution in [0.4, 0.5) is 0 Å². The second kappa shape index (κ2) is 2.82. The van der Waals surface area contributed by atoms with Crippen molar-refractivity contribution in [2.75, 3.05) is 0 Å². The van der Waals surface area contributed by atoms with Crippen LogP contribution in [0.2, 0.25) is 0 Å². The van der Waals surface area contributed by atoms with Crippen molar-refractivity contribution in [1.29, 1.82) is 0 Å². The zero-order valence-electron chi connectivity index (χ0n) is 6.76. The van der Waals surface area contributed by atoms with Gasteiger partial charge in [-0.2, -0.15) is 0 Å². The minimum atomic E-state index is 1.18. The molecule has 0 amide bonds. The third kappa shape index (κ3) is 1.14. The predicted molar refractivity (Wildman–Crippen MR) is 50.9 cm³/mol. The molecule has 1 heteroatoms. The van der Waals surface area contributed by atoms with Crippen LogP contribution < -0.4 is 0 Å². The number of rotatable bonds is 1. The first-order valence-corrected chi connectivity index (χ1v) is 5.05. The summed E-state index contributed by atoms with van der Waals surface area (Å²) in [5.74, 6) is 0. The third-order valence-corrected chi connectivity index (χ3v) is 3.22. The second-order valence-corrected chi connectivity index (χ2v) is 3.88. The minimum absolute atomic E-state index is 1.18. The van der Waals surface area contributed by atoms with Crippen molar-refractivity contribution >= 4 is 16.9 Å². The van der Waals surface area contributed by atoms with Crippen LogP contribution >= 0.6 is 11.3 Å². The first-order valence-electron chi connectivity index (χ1n) is 4.17. The van der Waals surface area contributed by atoms with Crippen LogP contribution in [0.1, 0.15) is 30.2 Å². The van der Waals surface area contributed by atoms with Crippen molar-refractivity contribution in [2.45, 2.75) is 26.2 Å². The van der Waals surface area contributed by atoms with Crippen LogP contribution in [0.15, 0.2) is 17.5 Å². The van der Waals surface area contributed by atoms with Crippen LogP contribution in [0, 0.1) is 0 Å². The molecule has 0 saturated heterocycles. The molecule has 0 aromatic carbocycles. The van der Waals surface area contributed by atoms with Crippen molar-refractivity contribution in [3.63, 3.8) is 0 Å². The third-order valence-electron chi connectivity index (χ3n) is 2.23. The molecule has 1 heterocycles. The van der Waals surface area contributed by atoms with Gasteiger partial charge < -0.3 is 0 Å². The molecule has 1 aliphatic carbocycles. The van der Waals surface area contributed by atoms with Gasteiger partial charge in [0, 0.05) is 4.88 Å². The molecule has 0 radical (unpaired) electrons. The van der Waals surface area contributed by atoms with Crippen LogP contribution in [0.25, 0.3) is 5.57 Å². The lowest BCUT2D eigenvalue weighted by atomic mass is 9.96. The predicted octanol–water partition coefficient (Wildman–Crippen LogP) is 3.49. The standard InChI is InChI=1S/C10H12S/c1-2-8-4-3-5-10-9(8)6-7-11-10/h4,6-7H,2-3,5H2,1H3. The molecule has 0 spiro atoms. The fourth-order valence-corrected chi connectivity index (χ4v) is 2.57. The average molecular weight is 164 g/mol. The number of aryl methyl sites for hydroxylation is 1. The normalized spacial score (nSPS) is 15.9. The van der Waals surface area contributed by atoms with E-state index in [1.807, 2.05) is 11.3 Å². The van der Waals surface area contributed by atoms with E-state index in [0.717, 1.165) is 0 Å². The van der Waals surface area contributed by atoms with Crippen LogP contribution in [-0.4, -0.2) is 0 Å². The second-order valence-electron chi connectivity index (χ2n) is 2.88. The number of fused-ring (bicyclic) bond motifs is 1. The van der Waals surface area contributed by atoms with Crippen molar-refractivity contribution in [1.82, 2.24) is 0 Å². The van der Waals surface area contributed by atoms with E-state index in [-0.39, 0.29) is 0 Å². The van der Waals surface area contributed by atoms with Gasteiger partial charge in [-0.1, -0.05) is 13.0 Å². The molecule has 1 aromatic rings. The van der Waals surface area contributed by atoms with Crippen LogP contribution in [-0.2, 0) is 6.42 Å². The minimum Gasteiger partial charge on any atom is -0.148 e. The Bertz CT molecular complexity index is 281. The Morgan fingerprint density at radius 2 is 2.45 bits per heavy atom. The molecule has 11 heavy (non-hydrogen) atoms. The summed E-state index contributed by atoms with van der Waals surface area (Å²) < 4.78 is 0. The van der Waals surface area contributed by atoms with E-state index in [0.29, 0.717) is 0 Å². The van der Waals surface area contributed by atoms with Gasteiger partial charge in [0.05, 0.1) is 0 Å². The highest BCUT2D eigenvalue weighted by Gasteiger charge is 2.10. The molecule has 0 aliphatic heterocycles. The molecule has 0 fully saturated rings. The lowest BCUT2D eigenvalue weighted by Crippen LogP contribution is -1.93. The Kier molecular flexibility index (Phi) is 1.82. The highest BCUT2D eigenvalue weighted by molar-refractivity contribution is 7.10. The summed E-state index contributed by atoms with van der Waals surface area (Å²) in [7, 11) is 0. The van der Waals surface area contributed by atoms with E-state index < -0.39 is 0 Å². The van der Waals surface area contributed by atoms with Gasteiger partial charge in [0.2, 0.25) is 0 Å². The van der Waals surface area contributed by atoms with Crippen LogP contribution in [0.3, 0.4) is 0 Å². The van der Waals surface area contributed by atoms with Crippen molar-refractivity contribution in [3.8, 4) is 0 Å². The fourth-order valence-electron chi connectivity index (χ4n) is 1.64. The zero-order chi connectivity index (χ0) is 7.68. The van der Waals surface area contributed by atoms with Gasteiger partial charge in [-0.25, -0.2) is 0 Å². The quantitative estimate of drug-likeness (QED) is 0.596. The smallest absolute Gasteiger partial charge is 0.0123 e. The first-order chi connectivity index (χ1) is 5.42. The summed E-state index contributed by atoms with van der Waals surface area (Å²) in [6.07, 6.45) is 6.08. The highest BCUT2D eigenvalue weighted by Crippen LogP contribution is 2.31. The summed E-state index contributed by atoms with van der Waals surface area (Å²) in [6.45, 7) is 2.23. The summed E-state index contributed by atoms with van der Waals surface area (Å²) >= 11 is 1.90. The molecule has 0 N–H and O–H groups in total. The highest BCUT2D eigenvalue weighted by atomic mass is 32.1. The molecule has 0 atom stereocenters. The topological polar surface area (TPSA) is 0 Å². The summed E-state index contributed by atoms with van der Waals surface area (Å²) in [5, 5.41) is 2.21.